The lowest BCUT2D eigenvalue weighted by molar-refractivity contribution is -0.122. The number of guanidine groups is 1. The molecule has 152 valence electrons. The topological polar surface area (TPSA) is 65.5 Å². The van der Waals surface area contributed by atoms with E-state index in [0.29, 0.717) is 6.54 Å². The van der Waals surface area contributed by atoms with Crippen LogP contribution in [-0.4, -0.2) is 37.0 Å². The Morgan fingerprint density at radius 2 is 2.07 bits per heavy atom. The third-order valence-corrected chi connectivity index (χ3v) is 5.20. The molecule has 2 rings (SSSR count). The van der Waals surface area contributed by atoms with E-state index >= 15 is 0 Å². The van der Waals surface area contributed by atoms with E-state index < -0.39 is 0 Å². The Hall–Kier alpha value is -0.960. The van der Waals surface area contributed by atoms with Gasteiger partial charge in [0.1, 0.15) is 0 Å². The van der Waals surface area contributed by atoms with Crippen molar-refractivity contribution in [2.24, 2.45) is 10.9 Å². The predicted octanol–water partition coefficient (Wildman–Crippen LogP) is 4.24. The second-order valence-electron chi connectivity index (χ2n) is 6.64. The molecule has 0 heterocycles. The van der Waals surface area contributed by atoms with Gasteiger partial charge in [0.15, 0.2) is 5.96 Å². The number of halogens is 1. The van der Waals surface area contributed by atoms with Crippen molar-refractivity contribution in [1.29, 1.82) is 0 Å². The Morgan fingerprint density at radius 3 is 2.74 bits per heavy atom. The Balaban J connectivity index is 0.00000364. The van der Waals surface area contributed by atoms with Gasteiger partial charge in [-0.3, -0.25) is 4.79 Å². The largest absolute Gasteiger partial charge is 0.357 e. The monoisotopic (exact) mass is 504 g/mol. The van der Waals surface area contributed by atoms with Crippen LogP contribution in [0.4, 0.5) is 5.69 Å². The molecule has 3 N–H and O–H groups in total. The highest BCUT2D eigenvalue weighted by Crippen LogP contribution is 2.27. The van der Waals surface area contributed by atoms with Crippen molar-refractivity contribution in [3.8, 4) is 0 Å². The first-order valence-corrected chi connectivity index (χ1v) is 11.0. The van der Waals surface area contributed by atoms with Gasteiger partial charge < -0.3 is 16.0 Å². The standard InChI is InChI=1S/C20H32N4OS.HI/c1-3-21-20(22-12-4-5-13-26-2)23-15-16-8-6-11-18(14-16)24-19(25)17-9-7-10-17;/h6,8,11,14,17H,3-5,7,9-10,12-13,15H2,1-2H3,(H,24,25)(H2,21,22,23);1H. The zero-order valence-electron chi connectivity index (χ0n) is 16.4. The fraction of sp³-hybridized carbons (Fsp3) is 0.600. The molecule has 0 atom stereocenters. The number of benzene rings is 1. The summed E-state index contributed by atoms with van der Waals surface area (Å²) in [6.07, 6.45) is 7.71. The van der Waals surface area contributed by atoms with Crippen LogP contribution in [0.15, 0.2) is 29.3 Å². The molecule has 1 aliphatic carbocycles. The third-order valence-electron chi connectivity index (χ3n) is 4.50. The number of amides is 1. The van der Waals surface area contributed by atoms with Gasteiger partial charge in [0.25, 0.3) is 0 Å². The molecular formula is C20H33IN4OS. The molecule has 27 heavy (non-hydrogen) atoms. The molecule has 1 aromatic carbocycles. The van der Waals surface area contributed by atoms with Crippen LogP contribution in [-0.2, 0) is 11.3 Å². The van der Waals surface area contributed by atoms with Crippen LogP contribution in [0.5, 0.6) is 0 Å². The second kappa shape index (κ2) is 14.1. The molecule has 1 aliphatic rings. The average molecular weight is 504 g/mol. The Kier molecular flexibility index (Phi) is 12.6. The number of carbonyl (C=O) groups is 1. The number of hydrogen-bond donors (Lipinski definition) is 3. The Morgan fingerprint density at radius 1 is 1.26 bits per heavy atom. The number of nitrogens with zero attached hydrogens (tertiary/aromatic N) is 1. The lowest BCUT2D eigenvalue weighted by Gasteiger charge is -2.24. The highest BCUT2D eigenvalue weighted by Gasteiger charge is 2.25. The summed E-state index contributed by atoms with van der Waals surface area (Å²) >= 11 is 1.89. The van der Waals surface area contributed by atoms with Gasteiger partial charge in [-0.1, -0.05) is 18.6 Å². The van der Waals surface area contributed by atoms with Gasteiger partial charge >= 0.3 is 0 Å². The van der Waals surface area contributed by atoms with Gasteiger partial charge in [-0.05, 0) is 62.3 Å². The summed E-state index contributed by atoms with van der Waals surface area (Å²) in [6.45, 7) is 4.44. The van der Waals surface area contributed by atoms with Crippen LogP contribution in [0.1, 0.15) is 44.6 Å². The quantitative estimate of drug-likeness (QED) is 0.193. The number of aliphatic imine (C=N–C) groups is 1. The molecule has 0 bridgehead atoms. The molecule has 1 amide bonds. The first-order chi connectivity index (χ1) is 12.7. The lowest BCUT2D eigenvalue weighted by Crippen LogP contribution is -2.37. The van der Waals surface area contributed by atoms with Gasteiger partial charge in [0, 0.05) is 24.7 Å². The van der Waals surface area contributed by atoms with Gasteiger partial charge in [0.2, 0.25) is 5.91 Å². The number of thioether (sulfide) groups is 1. The van der Waals surface area contributed by atoms with E-state index in [1.807, 2.05) is 36.0 Å². The number of rotatable bonds is 10. The first-order valence-electron chi connectivity index (χ1n) is 9.64. The number of nitrogens with one attached hydrogen (secondary N) is 3. The van der Waals surface area contributed by atoms with Gasteiger partial charge in [0.05, 0.1) is 6.54 Å². The van der Waals surface area contributed by atoms with Crippen molar-refractivity contribution in [2.45, 2.75) is 45.6 Å². The normalized spacial score (nSPS) is 14.1. The summed E-state index contributed by atoms with van der Waals surface area (Å²) in [7, 11) is 0. The second-order valence-corrected chi connectivity index (χ2v) is 7.62. The molecule has 1 fully saturated rings. The minimum Gasteiger partial charge on any atom is -0.357 e. The van der Waals surface area contributed by atoms with Crippen LogP contribution >= 0.6 is 35.7 Å². The van der Waals surface area contributed by atoms with Crippen molar-refractivity contribution in [3.63, 3.8) is 0 Å². The van der Waals surface area contributed by atoms with Crippen molar-refractivity contribution >= 4 is 53.3 Å². The Labute approximate surface area is 185 Å². The summed E-state index contributed by atoms with van der Waals surface area (Å²) in [6, 6.07) is 7.98. The van der Waals surface area contributed by atoms with Crippen LogP contribution < -0.4 is 16.0 Å². The van der Waals surface area contributed by atoms with Crippen LogP contribution in [0.3, 0.4) is 0 Å². The van der Waals surface area contributed by atoms with E-state index in [1.54, 1.807) is 0 Å². The number of carbonyl (C=O) groups excluding carboxylic acids is 1. The summed E-state index contributed by atoms with van der Waals surface area (Å²) < 4.78 is 0. The number of anilines is 1. The molecular weight excluding hydrogens is 471 g/mol. The van der Waals surface area contributed by atoms with Crippen molar-refractivity contribution in [2.75, 3.05) is 30.4 Å². The Bertz CT molecular complexity index is 593. The van der Waals surface area contributed by atoms with E-state index in [2.05, 4.69) is 34.1 Å². The van der Waals surface area contributed by atoms with Gasteiger partial charge in [-0.15, -0.1) is 24.0 Å². The van der Waals surface area contributed by atoms with Crippen molar-refractivity contribution in [3.05, 3.63) is 29.8 Å². The third kappa shape index (κ3) is 9.19. The molecule has 1 saturated carbocycles. The van der Waals surface area contributed by atoms with Crippen LogP contribution in [0.25, 0.3) is 0 Å². The summed E-state index contributed by atoms with van der Waals surface area (Å²) in [4.78, 5) is 16.8. The minimum atomic E-state index is 0. The zero-order valence-corrected chi connectivity index (χ0v) is 19.6. The lowest BCUT2D eigenvalue weighted by atomic mass is 9.85. The maximum absolute atomic E-state index is 12.1. The molecule has 0 spiro atoms. The molecule has 0 radical (unpaired) electrons. The molecule has 0 aliphatic heterocycles. The summed E-state index contributed by atoms with van der Waals surface area (Å²) in [5, 5.41) is 9.70. The van der Waals surface area contributed by atoms with Gasteiger partial charge in [-0.25, -0.2) is 4.99 Å². The highest BCUT2D eigenvalue weighted by atomic mass is 127. The highest BCUT2D eigenvalue weighted by molar-refractivity contribution is 14.0. The van der Waals surface area contributed by atoms with E-state index in [9.17, 15) is 4.79 Å². The fourth-order valence-corrected chi connectivity index (χ4v) is 3.25. The molecule has 1 aromatic rings. The predicted molar refractivity (Wildman–Crippen MR) is 128 cm³/mol. The van der Waals surface area contributed by atoms with E-state index in [-0.39, 0.29) is 35.8 Å². The van der Waals surface area contributed by atoms with Crippen LogP contribution in [0, 0.1) is 5.92 Å². The van der Waals surface area contributed by atoms with E-state index in [0.717, 1.165) is 49.6 Å². The molecule has 7 heteroatoms. The SMILES string of the molecule is CCNC(=NCc1cccc(NC(=O)C2CCC2)c1)NCCCCSC.I. The summed E-state index contributed by atoms with van der Waals surface area (Å²) in [5.74, 6) is 2.40. The molecule has 0 aromatic heterocycles. The van der Waals surface area contributed by atoms with Gasteiger partial charge in [-0.2, -0.15) is 11.8 Å². The maximum Gasteiger partial charge on any atom is 0.227 e. The molecule has 0 unspecified atom stereocenters. The summed E-state index contributed by atoms with van der Waals surface area (Å²) in [5.41, 5.74) is 1.96. The first kappa shape index (κ1) is 24.1. The maximum atomic E-state index is 12.1. The molecule has 0 saturated heterocycles. The fourth-order valence-electron chi connectivity index (χ4n) is 2.75. The zero-order chi connectivity index (χ0) is 18.6. The van der Waals surface area contributed by atoms with Crippen molar-refractivity contribution in [1.82, 2.24) is 10.6 Å². The van der Waals surface area contributed by atoms with E-state index in [4.69, 9.17) is 0 Å². The number of unbranched alkanes of at least 4 members (excludes halogenated alkanes) is 1. The number of hydrogen-bond acceptors (Lipinski definition) is 3. The average Bonchev–Trinajstić information content (AvgIpc) is 2.58. The van der Waals surface area contributed by atoms with E-state index in [1.165, 1.54) is 18.6 Å². The smallest absolute Gasteiger partial charge is 0.227 e. The molecule has 5 nitrogen and oxygen atoms in total. The van der Waals surface area contributed by atoms with Crippen molar-refractivity contribution < 1.29 is 4.79 Å². The van der Waals surface area contributed by atoms with Crippen LogP contribution in [0.2, 0.25) is 0 Å². The minimum absolute atomic E-state index is 0.